The summed E-state index contributed by atoms with van der Waals surface area (Å²) in [6.45, 7) is 2.10. The zero-order chi connectivity index (χ0) is 12.1. The van der Waals surface area contributed by atoms with E-state index in [1.54, 1.807) is 6.20 Å². The molecule has 4 heteroatoms. The lowest BCUT2D eigenvalue weighted by Crippen LogP contribution is -1.98. The van der Waals surface area contributed by atoms with E-state index in [1.165, 1.54) is 11.8 Å². The Morgan fingerprint density at radius 2 is 2.06 bits per heavy atom. The summed E-state index contributed by atoms with van der Waals surface area (Å²) in [5.41, 5.74) is 2.56. The molecule has 0 atom stereocenters. The van der Waals surface area contributed by atoms with Crippen LogP contribution in [0.1, 0.15) is 18.2 Å². The zero-order valence-corrected chi connectivity index (χ0v) is 9.51. The van der Waals surface area contributed by atoms with Crippen LogP contribution >= 0.6 is 0 Å². The highest BCUT2D eigenvalue weighted by Crippen LogP contribution is 2.19. The van der Waals surface area contributed by atoms with Gasteiger partial charge in [-0.15, -0.1) is 0 Å². The summed E-state index contributed by atoms with van der Waals surface area (Å²) in [7, 11) is 0. The summed E-state index contributed by atoms with van der Waals surface area (Å²) in [6, 6.07) is 9.99. The Morgan fingerprint density at radius 3 is 2.71 bits per heavy atom. The van der Waals surface area contributed by atoms with Gasteiger partial charge in [-0.05, 0) is 18.1 Å². The number of aryl methyl sites for hydroxylation is 1. The molecule has 2 aromatic rings. The largest absolute Gasteiger partial charge is 0.339 e. The number of rotatable bonds is 3. The minimum absolute atomic E-state index is 0.319. The van der Waals surface area contributed by atoms with E-state index in [0.717, 1.165) is 12.1 Å². The van der Waals surface area contributed by atoms with Gasteiger partial charge in [-0.2, -0.15) is 5.26 Å². The molecule has 1 heterocycles. The van der Waals surface area contributed by atoms with Crippen molar-refractivity contribution in [3.8, 4) is 6.07 Å². The fourth-order valence-electron chi connectivity index (χ4n) is 1.54. The summed E-state index contributed by atoms with van der Waals surface area (Å²) >= 11 is 0. The average molecular weight is 224 g/mol. The highest BCUT2D eigenvalue weighted by atomic mass is 15.0. The first kappa shape index (κ1) is 11.1. The lowest BCUT2D eigenvalue weighted by molar-refractivity contribution is 1.13. The van der Waals surface area contributed by atoms with E-state index in [2.05, 4.69) is 28.3 Å². The van der Waals surface area contributed by atoms with Gasteiger partial charge in [0.1, 0.15) is 11.9 Å². The molecule has 1 aromatic heterocycles. The molecule has 0 spiro atoms. The number of nitrogens with zero attached hydrogens (tertiary/aromatic N) is 3. The maximum Gasteiger partial charge on any atom is 0.158 e. The lowest BCUT2D eigenvalue weighted by Gasteiger charge is -2.09. The summed E-state index contributed by atoms with van der Waals surface area (Å²) in [4.78, 5) is 8.09. The van der Waals surface area contributed by atoms with Gasteiger partial charge in [0.25, 0.3) is 0 Å². The Balaban J connectivity index is 2.22. The Labute approximate surface area is 100.0 Å². The van der Waals surface area contributed by atoms with E-state index in [1.807, 2.05) is 24.3 Å². The predicted molar refractivity (Wildman–Crippen MR) is 65.8 cm³/mol. The number of hydrogen-bond donors (Lipinski definition) is 1. The van der Waals surface area contributed by atoms with Crippen LogP contribution in [0, 0.1) is 11.3 Å². The highest BCUT2D eigenvalue weighted by Gasteiger charge is 2.01. The van der Waals surface area contributed by atoms with Gasteiger partial charge in [-0.1, -0.05) is 25.1 Å². The summed E-state index contributed by atoms with van der Waals surface area (Å²) in [6.07, 6.45) is 3.97. The SMILES string of the molecule is CCc1ccccc1Nc1cnc(C#N)cn1. The molecule has 0 saturated carbocycles. The van der Waals surface area contributed by atoms with Crippen molar-refractivity contribution >= 4 is 11.5 Å². The number of benzene rings is 1. The Kier molecular flexibility index (Phi) is 3.31. The Morgan fingerprint density at radius 1 is 1.24 bits per heavy atom. The molecule has 0 amide bonds. The molecule has 1 aromatic carbocycles. The van der Waals surface area contributed by atoms with Crippen LogP contribution in [0.3, 0.4) is 0 Å². The van der Waals surface area contributed by atoms with Gasteiger partial charge in [-0.25, -0.2) is 9.97 Å². The quantitative estimate of drug-likeness (QED) is 0.870. The Hall–Kier alpha value is -2.41. The zero-order valence-electron chi connectivity index (χ0n) is 9.51. The second kappa shape index (κ2) is 5.08. The van der Waals surface area contributed by atoms with Crippen LogP contribution in [-0.4, -0.2) is 9.97 Å². The topological polar surface area (TPSA) is 61.6 Å². The van der Waals surface area contributed by atoms with Crippen molar-refractivity contribution in [2.24, 2.45) is 0 Å². The summed E-state index contributed by atoms with van der Waals surface area (Å²) in [5.74, 6) is 0.643. The average Bonchev–Trinajstić information content (AvgIpc) is 2.40. The third-order valence-electron chi connectivity index (χ3n) is 2.43. The van der Waals surface area contributed by atoms with Crippen molar-refractivity contribution in [2.45, 2.75) is 13.3 Å². The maximum absolute atomic E-state index is 8.63. The molecule has 2 rings (SSSR count). The van der Waals surface area contributed by atoms with Gasteiger partial charge in [0.2, 0.25) is 0 Å². The fraction of sp³-hybridized carbons (Fsp3) is 0.154. The first-order valence-electron chi connectivity index (χ1n) is 5.40. The van der Waals surface area contributed by atoms with Gasteiger partial charge >= 0.3 is 0 Å². The van der Waals surface area contributed by atoms with Crippen LogP contribution in [0.4, 0.5) is 11.5 Å². The third kappa shape index (κ3) is 2.58. The van der Waals surface area contributed by atoms with E-state index in [0.29, 0.717) is 11.5 Å². The van der Waals surface area contributed by atoms with Crippen molar-refractivity contribution in [3.05, 3.63) is 47.9 Å². The van der Waals surface area contributed by atoms with Gasteiger partial charge in [-0.3, -0.25) is 0 Å². The van der Waals surface area contributed by atoms with Crippen LogP contribution in [0.2, 0.25) is 0 Å². The molecule has 1 N–H and O–H groups in total. The molecule has 0 aliphatic heterocycles. The van der Waals surface area contributed by atoms with Crippen LogP contribution in [0.25, 0.3) is 0 Å². The number of hydrogen-bond acceptors (Lipinski definition) is 4. The van der Waals surface area contributed by atoms with Gasteiger partial charge < -0.3 is 5.32 Å². The van der Waals surface area contributed by atoms with E-state index in [4.69, 9.17) is 5.26 Å². The smallest absolute Gasteiger partial charge is 0.158 e. The number of para-hydroxylation sites is 1. The van der Waals surface area contributed by atoms with E-state index in [-0.39, 0.29) is 0 Å². The molecule has 0 aliphatic rings. The van der Waals surface area contributed by atoms with Crippen LogP contribution in [0.5, 0.6) is 0 Å². The fourth-order valence-corrected chi connectivity index (χ4v) is 1.54. The number of anilines is 2. The minimum Gasteiger partial charge on any atom is -0.339 e. The van der Waals surface area contributed by atoms with Gasteiger partial charge in [0.05, 0.1) is 12.4 Å². The molecule has 0 saturated heterocycles. The van der Waals surface area contributed by atoms with Gasteiger partial charge in [0, 0.05) is 5.69 Å². The molecule has 0 aliphatic carbocycles. The lowest BCUT2D eigenvalue weighted by atomic mass is 10.1. The summed E-state index contributed by atoms with van der Waals surface area (Å²) < 4.78 is 0. The second-order valence-electron chi connectivity index (χ2n) is 3.53. The van der Waals surface area contributed by atoms with Crippen LogP contribution in [0.15, 0.2) is 36.7 Å². The number of aromatic nitrogens is 2. The van der Waals surface area contributed by atoms with Crippen molar-refractivity contribution in [1.82, 2.24) is 9.97 Å². The molecule has 84 valence electrons. The number of nitriles is 1. The molecule has 0 fully saturated rings. The highest BCUT2D eigenvalue weighted by molar-refractivity contribution is 5.59. The molecule has 0 unspecified atom stereocenters. The van der Waals surface area contributed by atoms with Crippen molar-refractivity contribution in [3.63, 3.8) is 0 Å². The Bertz CT molecular complexity index is 540. The van der Waals surface area contributed by atoms with Crippen LogP contribution < -0.4 is 5.32 Å². The molecule has 0 bridgehead atoms. The normalized spacial score (nSPS) is 9.65. The van der Waals surface area contributed by atoms with Crippen molar-refractivity contribution in [1.29, 1.82) is 5.26 Å². The van der Waals surface area contributed by atoms with Crippen LogP contribution in [-0.2, 0) is 6.42 Å². The molecular weight excluding hydrogens is 212 g/mol. The van der Waals surface area contributed by atoms with Gasteiger partial charge in [0.15, 0.2) is 5.69 Å². The van der Waals surface area contributed by atoms with Crippen molar-refractivity contribution in [2.75, 3.05) is 5.32 Å². The van der Waals surface area contributed by atoms with E-state index < -0.39 is 0 Å². The molecule has 0 radical (unpaired) electrons. The van der Waals surface area contributed by atoms with E-state index >= 15 is 0 Å². The van der Waals surface area contributed by atoms with Crippen molar-refractivity contribution < 1.29 is 0 Å². The second-order valence-corrected chi connectivity index (χ2v) is 3.53. The number of nitrogens with one attached hydrogen (secondary N) is 1. The first-order valence-corrected chi connectivity index (χ1v) is 5.40. The minimum atomic E-state index is 0.319. The monoisotopic (exact) mass is 224 g/mol. The maximum atomic E-state index is 8.63. The molecule has 17 heavy (non-hydrogen) atoms. The molecular formula is C13H12N4. The first-order chi connectivity index (χ1) is 8.33. The van der Waals surface area contributed by atoms with E-state index in [9.17, 15) is 0 Å². The predicted octanol–water partition coefficient (Wildman–Crippen LogP) is 2.65. The summed E-state index contributed by atoms with van der Waals surface area (Å²) in [5, 5.41) is 11.8. The molecule has 4 nitrogen and oxygen atoms in total. The third-order valence-corrected chi connectivity index (χ3v) is 2.43. The standard InChI is InChI=1S/C13H12N4/c1-2-10-5-3-4-6-12(10)17-13-9-15-11(7-14)8-16-13/h3-6,8-9H,2H2,1H3,(H,16,17).